The second-order valence-electron chi connectivity index (χ2n) is 9.84. The molecule has 2 unspecified atom stereocenters. The van der Waals surface area contributed by atoms with E-state index in [1.807, 2.05) is 12.1 Å². The lowest BCUT2D eigenvalue weighted by Gasteiger charge is -2.64. The number of nitrogens with zero attached hydrogens (tertiary/aromatic N) is 1. The highest BCUT2D eigenvalue weighted by molar-refractivity contribution is 9.10. The summed E-state index contributed by atoms with van der Waals surface area (Å²) in [6.45, 7) is 4.75. The maximum absolute atomic E-state index is 13.2. The van der Waals surface area contributed by atoms with Gasteiger partial charge in [0, 0.05) is 10.0 Å². The van der Waals surface area contributed by atoms with Gasteiger partial charge in [-0.2, -0.15) is 5.10 Å². The number of rotatable bonds is 5. The molecule has 0 radical (unpaired) electrons. The molecule has 28 heavy (non-hydrogen) atoms. The third-order valence-corrected chi connectivity index (χ3v) is 7.41. The van der Waals surface area contributed by atoms with Crippen LogP contribution in [0, 0.1) is 22.2 Å². The molecular formula is C22H29BrN2O3. The van der Waals surface area contributed by atoms with Crippen molar-refractivity contribution in [1.82, 2.24) is 5.43 Å². The predicted octanol–water partition coefficient (Wildman–Crippen LogP) is 4.91. The molecule has 0 spiro atoms. The minimum atomic E-state index is -0.265. The van der Waals surface area contributed by atoms with Crippen LogP contribution >= 0.6 is 15.9 Å². The molecule has 4 aliphatic rings. The number of hydrogen-bond donors (Lipinski definition) is 1. The molecule has 4 bridgehead atoms. The zero-order chi connectivity index (χ0) is 20.2. The van der Waals surface area contributed by atoms with Crippen LogP contribution < -0.4 is 14.9 Å². The highest BCUT2D eigenvalue weighted by Gasteiger charge is 2.62. The van der Waals surface area contributed by atoms with Gasteiger partial charge in [-0.25, -0.2) is 5.43 Å². The smallest absolute Gasteiger partial charge is 0.246 e. The molecule has 1 aromatic rings. The second kappa shape index (κ2) is 6.75. The lowest BCUT2D eigenvalue weighted by molar-refractivity contribution is -0.170. The zero-order valence-electron chi connectivity index (χ0n) is 17.1. The Balaban J connectivity index is 1.53. The van der Waals surface area contributed by atoms with Crippen LogP contribution in [0.3, 0.4) is 0 Å². The summed E-state index contributed by atoms with van der Waals surface area (Å²) < 4.78 is 11.7. The van der Waals surface area contributed by atoms with Gasteiger partial charge < -0.3 is 9.47 Å². The first-order chi connectivity index (χ1) is 13.2. The Morgan fingerprint density at radius 2 is 1.82 bits per heavy atom. The van der Waals surface area contributed by atoms with E-state index in [9.17, 15) is 4.79 Å². The molecule has 0 heterocycles. The van der Waals surface area contributed by atoms with Gasteiger partial charge in [0.05, 0.1) is 25.8 Å². The summed E-state index contributed by atoms with van der Waals surface area (Å²) in [7, 11) is 3.19. The number of carbonyl (C=O) groups excluding carboxylic acids is 1. The van der Waals surface area contributed by atoms with Crippen molar-refractivity contribution in [2.24, 2.45) is 27.3 Å². The van der Waals surface area contributed by atoms with Crippen LogP contribution in [0.2, 0.25) is 0 Å². The molecule has 152 valence electrons. The third kappa shape index (κ3) is 3.34. The fourth-order valence-electron chi connectivity index (χ4n) is 7.03. The average Bonchev–Trinajstić information content (AvgIpc) is 2.58. The van der Waals surface area contributed by atoms with Crippen molar-refractivity contribution in [3.05, 3.63) is 22.2 Å². The van der Waals surface area contributed by atoms with E-state index in [0.29, 0.717) is 28.2 Å². The fourth-order valence-corrected chi connectivity index (χ4v) is 7.49. The lowest BCUT2D eigenvalue weighted by atomic mass is 9.40. The number of ether oxygens (including phenoxy) is 2. The van der Waals surface area contributed by atoms with Gasteiger partial charge in [-0.05, 0) is 67.4 Å². The molecule has 0 aliphatic heterocycles. The van der Waals surface area contributed by atoms with Crippen molar-refractivity contribution in [3.8, 4) is 11.5 Å². The Morgan fingerprint density at radius 3 is 2.39 bits per heavy atom. The predicted molar refractivity (Wildman–Crippen MR) is 113 cm³/mol. The van der Waals surface area contributed by atoms with Gasteiger partial charge in [-0.1, -0.05) is 29.8 Å². The van der Waals surface area contributed by atoms with Crippen LogP contribution in [-0.4, -0.2) is 26.3 Å². The normalized spacial score (nSPS) is 36.0. The van der Waals surface area contributed by atoms with Crippen LogP contribution in [0.15, 0.2) is 21.7 Å². The quantitative estimate of drug-likeness (QED) is 0.513. The van der Waals surface area contributed by atoms with E-state index in [1.54, 1.807) is 20.4 Å². The molecule has 5 nitrogen and oxygen atoms in total. The van der Waals surface area contributed by atoms with E-state index in [1.165, 1.54) is 19.3 Å². The Labute approximate surface area is 175 Å². The number of methoxy groups -OCH3 is 2. The number of amides is 1. The van der Waals surface area contributed by atoms with Crippen LogP contribution in [0.25, 0.3) is 0 Å². The monoisotopic (exact) mass is 448 g/mol. The molecule has 0 saturated heterocycles. The first-order valence-corrected chi connectivity index (χ1v) is 10.7. The van der Waals surface area contributed by atoms with E-state index < -0.39 is 0 Å². The maximum atomic E-state index is 13.2. The molecule has 1 N–H and O–H groups in total. The summed E-state index contributed by atoms with van der Waals surface area (Å²) in [5.41, 5.74) is 3.94. The Hall–Kier alpha value is -1.56. The number of nitrogens with one attached hydrogen (secondary N) is 1. The standard InChI is InChI=1S/C22H29BrN2O3/c1-20-7-14-8-21(2,11-20)13-22(9-14,12-20)19(26)25-24-10-15-5-16(23)6-17(27-3)18(15)28-4/h5-6,10,14H,7-9,11-13H2,1-4H3,(H,25,26)/b24-10+. The van der Waals surface area contributed by atoms with Gasteiger partial charge in [0.15, 0.2) is 11.5 Å². The van der Waals surface area contributed by atoms with Crippen LogP contribution in [0.5, 0.6) is 11.5 Å². The molecule has 2 atom stereocenters. The minimum Gasteiger partial charge on any atom is -0.493 e. The third-order valence-electron chi connectivity index (χ3n) is 6.95. The van der Waals surface area contributed by atoms with E-state index in [4.69, 9.17) is 9.47 Å². The van der Waals surface area contributed by atoms with Gasteiger partial charge in [0.2, 0.25) is 5.91 Å². The van der Waals surface area contributed by atoms with E-state index in [0.717, 1.165) is 29.3 Å². The summed E-state index contributed by atoms with van der Waals surface area (Å²) >= 11 is 3.47. The molecule has 0 aromatic heterocycles. The van der Waals surface area contributed by atoms with E-state index in [-0.39, 0.29) is 11.3 Å². The lowest BCUT2D eigenvalue weighted by Crippen LogP contribution is -2.59. The van der Waals surface area contributed by atoms with Crippen molar-refractivity contribution < 1.29 is 14.3 Å². The number of hydrogen-bond acceptors (Lipinski definition) is 4. The average molecular weight is 449 g/mol. The highest BCUT2D eigenvalue weighted by atomic mass is 79.9. The minimum absolute atomic E-state index is 0.0752. The van der Waals surface area contributed by atoms with Crippen molar-refractivity contribution in [2.45, 2.75) is 52.4 Å². The second-order valence-corrected chi connectivity index (χ2v) is 10.8. The van der Waals surface area contributed by atoms with Gasteiger partial charge in [-0.3, -0.25) is 4.79 Å². The fraction of sp³-hybridized carbons (Fsp3) is 0.636. The zero-order valence-corrected chi connectivity index (χ0v) is 18.7. The Morgan fingerprint density at radius 1 is 1.14 bits per heavy atom. The summed E-state index contributed by atoms with van der Waals surface area (Å²) in [4.78, 5) is 13.2. The molecule has 6 heteroatoms. The van der Waals surface area contributed by atoms with Gasteiger partial charge in [0.25, 0.3) is 0 Å². The first-order valence-electron chi connectivity index (χ1n) is 9.95. The van der Waals surface area contributed by atoms with Crippen molar-refractivity contribution in [2.75, 3.05) is 14.2 Å². The van der Waals surface area contributed by atoms with Crippen LogP contribution in [-0.2, 0) is 4.79 Å². The molecule has 1 aromatic carbocycles. The Bertz CT molecular complexity index is 819. The highest BCUT2D eigenvalue weighted by Crippen LogP contribution is 2.69. The molecule has 5 rings (SSSR count). The number of halogens is 1. The molecule has 4 aliphatic carbocycles. The molecular weight excluding hydrogens is 420 g/mol. The largest absolute Gasteiger partial charge is 0.493 e. The van der Waals surface area contributed by atoms with Gasteiger partial charge >= 0.3 is 0 Å². The van der Waals surface area contributed by atoms with Gasteiger partial charge in [0.1, 0.15) is 0 Å². The van der Waals surface area contributed by atoms with E-state index >= 15 is 0 Å². The molecule has 4 saturated carbocycles. The van der Waals surface area contributed by atoms with E-state index in [2.05, 4.69) is 40.3 Å². The SMILES string of the molecule is COc1cc(Br)cc(/C=N/NC(=O)C23CC4CC(C)(CC(C)(C4)C2)C3)c1OC. The number of benzene rings is 1. The Kier molecular flexibility index (Phi) is 4.76. The number of carbonyl (C=O) groups is 1. The summed E-state index contributed by atoms with van der Waals surface area (Å²) in [5.74, 6) is 1.96. The summed E-state index contributed by atoms with van der Waals surface area (Å²) in [5, 5.41) is 4.29. The number of hydrazone groups is 1. The van der Waals surface area contributed by atoms with Crippen molar-refractivity contribution in [1.29, 1.82) is 0 Å². The van der Waals surface area contributed by atoms with Crippen molar-refractivity contribution >= 4 is 28.1 Å². The first kappa shape index (κ1) is 19.7. The van der Waals surface area contributed by atoms with Crippen LogP contribution in [0.1, 0.15) is 57.9 Å². The summed E-state index contributed by atoms with van der Waals surface area (Å²) in [6, 6.07) is 3.73. The molecule has 1 amide bonds. The van der Waals surface area contributed by atoms with Crippen LogP contribution in [0.4, 0.5) is 0 Å². The van der Waals surface area contributed by atoms with Gasteiger partial charge in [-0.15, -0.1) is 0 Å². The summed E-state index contributed by atoms with van der Waals surface area (Å²) in [6.07, 6.45) is 8.42. The van der Waals surface area contributed by atoms with Crippen molar-refractivity contribution in [3.63, 3.8) is 0 Å². The topological polar surface area (TPSA) is 59.9 Å². The maximum Gasteiger partial charge on any atom is 0.246 e. The molecule has 4 fully saturated rings.